The number of aromatic nitrogens is 3. The molecule has 3 aromatic rings. The highest BCUT2D eigenvalue weighted by Gasteiger charge is 2.18. The van der Waals surface area contributed by atoms with E-state index in [1.54, 1.807) is 7.11 Å². The zero-order valence-electron chi connectivity index (χ0n) is 16.6. The summed E-state index contributed by atoms with van der Waals surface area (Å²) in [5, 5.41) is 8.42. The highest BCUT2D eigenvalue weighted by Crippen LogP contribution is 2.33. The van der Waals surface area contributed by atoms with Gasteiger partial charge in [-0.3, -0.25) is 0 Å². The Morgan fingerprint density at radius 2 is 1.88 bits per heavy atom. The Bertz CT molecular complexity index is 932. The van der Waals surface area contributed by atoms with Crippen molar-refractivity contribution in [1.29, 1.82) is 0 Å². The summed E-state index contributed by atoms with van der Waals surface area (Å²) in [6, 6.07) is 8.64. The molecule has 0 aliphatic heterocycles. The van der Waals surface area contributed by atoms with Gasteiger partial charge in [-0.15, -0.1) is 0 Å². The number of hydrogen-bond donors (Lipinski definition) is 1. The van der Waals surface area contributed by atoms with Crippen molar-refractivity contribution < 1.29 is 6.16 Å². The maximum Gasteiger partial charge on any atom is 0.165 e. The van der Waals surface area contributed by atoms with Crippen molar-refractivity contribution in [3.05, 3.63) is 41.2 Å². The van der Waals surface area contributed by atoms with Gasteiger partial charge in [0.15, 0.2) is 5.65 Å². The number of rotatable bonds is 6. The van der Waals surface area contributed by atoms with Crippen molar-refractivity contribution in [2.45, 2.75) is 53.5 Å². The molecule has 0 aliphatic rings. The van der Waals surface area contributed by atoms with E-state index in [9.17, 15) is 0 Å². The van der Waals surface area contributed by atoms with E-state index in [0.29, 0.717) is 6.04 Å². The number of nitrogens with zero attached hydrogens (tertiary/aromatic N) is 3. The molecule has 140 valence electrons. The molecule has 1 N–H and O–H groups in total. The number of hydrogen-bond acceptors (Lipinski definition) is 4. The van der Waals surface area contributed by atoms with Crippen LogP contribution in [0.4, 0.5) is 5.82 Å². The second kappa shape index (κ2) is 7.36. The standard InChI is InChI=1S/C21H28N4O.H2/c1-7-16(8-2)23-19-12-14(4)22-21-20(15(5)24-25(19)21)18-10-9-17(26-6)11-13(18)3;/h9-12,16,23H,7-8H2,1-6H3;1H. The van der Waals surface area contributed by atoms with E-state index in [0.717, 1.165) is 58.1 Å². The van der Waals surface area contributed by atoms with E-state index in [1.807, 2.05) is 24.4 Å². The molecule has 0 saturated heterocycles. The first kappa shape index (κ1) is 18.2. The summed E-state index contributed by atoms with van der Waals surface area (Å²) >= 11 is 0. The number of aryl methyl sites for hydroxylation is 3. The van der Waals surface area contributed by atoms with E-state index in [4.69, 9.17) is 14.8 Å². The fourth-order valence-corrected chi connectivity index (χ4v) is 3.41. The summed E-state index contributed by atoms with van der Waals surface area (Å²) < 4.78 is 7.29. The molecule has 2 aromatic heterocycles. The Morgan fingerprint density at radius 1 is 1.15 bits per heavy atom. The topological polar surface area (TPSA) is 51.5 Å². The van der Waals surface area contributed by atoms with Crippen molar-refractivity contribution in [3.63, 3.8) is 0 Å². The maximum atomic E-state index is 5.35. The van der Waals surface area contributed by atoms with Crippen molar-refractivity contribution in [2.24, 2.45) is 0 Å². The first-order valence-electron chi connectivity index (χ1n) is 9.27. The lowest BCUT2D eigenvalue weighted by Crippen LogP contribution is -2.19. The molecule has 0 amide bonds. The summed E-state index contributed by atoms with van der Waals surface area (Å²) in [6.45, 7) is 10.6. The Hall–Kier alpha value is -2.56. The van der Waals surface area contributed by atoms with Gasteiger partial charge in [0.1, 0.15) is 11.6 Å². The van der Waals surface area contributed by atoms with Crippen LogP contribution in [0.3, 0.4) is 0 Å². The van der Waals surface area contributed by atoms with Gasteiger partial charge >= 0.3 is 0 Å². The fraction of sp³-hybridized carbons (Fsp3) is 0.429. The molecular formula is C21H30N4O. The van der Waals surface area contributed by atoms with Crippen LogP contribution < -0.4 is 10.1 Å². The van der Waals surface area contributed by atoms with Crippen LogP contribution >= 0.6 is 0 Å². The lowest BCUT2D eigenvalue weighted by Gasteiger charge is -2.17. The predicted molar refractivity (Wildman–Crippen MR) is 109 cm³/mol. The summed E-state index contributed by atoms with van der Waals surface area (Å²) in [5.41, 5.74) is 6.23. The lowest BCUT2D eigenvalue weighted by atomic mass is 10.0. The molecule has 0 aliphatic carbocycles. The third-order valence-electron chi connectivity index (χ3n) is 4.93. The third-order valence-corrected chi connectivity index (χ3v) is 4.93. The molecule has 5 heteroatoms. The minimum atomic E-state index is 0. The van der Waals surface area contributed by atoms with Gasteiger partial charge < -0.3 is 10.1 Å². The van der Waals surface area contributed by atoms with Gasteiger partial charge in [0.05, 0.1) is 12.8 Å². The predicted octanol–water partition coefficient (Wildman–Crippen LogP) is 5.18. The Kier molecular flexibility index (Phi) is 5.16. The average Bonchev–Trinajstić information content (AvgIpc) is 2.95. The molecule has 0 radical (unpaired) electrons. The molecule has 0 fully saturated rings. The average molecular weight is 354 g/mol. The van der Waals surface area contributed by atoms with Crippen LogP contribution in [0.15, 0.2) is 24.3 Å². The van der Waals surface area contributed by atoms with Crippen LogP contribution in [0.25, 0.3) is 16.8 Å². The van der Waals surface area contributed by atoms with Crippen LogP contribution in [0.5, 0.6) is 5.75 Å². The van der Waals surface area contributed by atoms with E-state index >= 15 is 0 Å². The monoisotopic (exact) mass is 354 g/mol. The lowest BCUT2D eigenvalue weighted by molar-refractivity contribution is 0.414. The van der Waals surface area contributed by atoms with Crippen LogP contribution in [0, 0.1) is 20.8 Å². The maximum absolute atomic E-state index is 5.35. The number of nitrogens with one attached hydrogen (secondary N) is 1. The highest BCUT2D eigenvalue weighted by molar-refractivity contribution is 5.83. The van der Waals surface area contributed by atoms with Gasteiger partial charge in [0.25, 0.3) is 0 Å². The Balaban J connectivity index is 0.00000261. The molecular weight excluding hydrogens is 324 g/mol. The molecule has 1 aromatic carbocycles. The third kappa shape index (κ3) is 3.26. The van der Waals surface area contributed by atoms with Gasteiger partial charge in [-0.25, -0.2) is 4.98 Å². The van der Waals surface area contributed by atoms with Gasteiger partial charge in [-0.1, -0.05) is 19.9 Å². The Labute approximate surface area is 156 Å². The van der Waals surface area contributed by atoms with Gasteiger partial charge in [-0.05, 0) is 56.9 Å². The fourth-order valence-electron chi connectivity index (χ4n) is 3.41. The van der Waals surface area contributed by atoms with Crippen molar-refractivity contribution in [1.82, 2.24) is 14.6 Å². The van der Waals surface area contributed by atoms with Crippen LogP contribution in [0.2, 0.25) is 0 Å². The highest BCUT2D eigenvalue weighted by atomic mass is 16.5. The van der Waals surface area contributed by atoms with Crippen molar-refractivity contribution >= 4 is 11.5 Å². The summed E-state index contributed by atoms with van der Waals surface area (Å²) in [6.07, 6.45) is 2.15. The van der Waals surface area contributed by atoms with Crippen molar-refractivity contribution in [3.8, 4) is 16.9 Å². The van der Waals surface area contributed by atoms with E-state index in [-0.39, 0.29) is 1.43 Å². The summed E-state index contributed by atoms with van der Waals surface area (Å²) in [7, 11) is 1.69. The molecule has 26 heavy (non-hydrogen) atoms. The zero-order chi connectivity index (χ0) is 18.8. The zero-order valence-corrected chi connectivity index (χ0v) is 16.6. The van der Waals surface area contributed by atoms with Gasteiger partial charge in [-0.2, -0.15) is 9.61 Å². The van der Waals surface area contributed by atoms with Gasteiger partial charge in [0, 0.05) is 24.8 Å². The summed E-state index contributed by atoms with van der Waals surface area (Å²) in [5.74, 6) is 1.86. The second-order valence-corrected chi connectivity index (χ2v) is 6.82. The van der Waals surface area contributed by atoms with Crippen LogP contribution in [-0.2, 0) is 0 Å². The molecule has 0 atom stereocenters. The number of fused-ring (bicyclic) bond motifs is 1. The van der Waals surface area contributed by atoms with E-state index < -0.39 is 0 Å². The van der Waals surface area contributed by atoms with E-state index in [2.05, 4.69) is 44.3 Å². The minimum Gasteiger partial charge on any atom is -0.497 e. The van der Waals surface area contributed by atoms with Crippen LogP contribution in [-0.4, -0.2) is 27.7 Å². The first-order valence-corrected chi connectivity index (χ1v) is 9.27. The van der Waals surface area contributed by atoms with Gasteiger partial charge in [0.2, 0.25) is 0 Å². The van der Waals surface area contributed by atoms with Crippen LogP contribution in [0.1, 0.15) is 45.1 Å². The molecule has 5 nitrogen and oxygen atoms in total. The molecule has 0 bridgehead atoms. The summed E-state index contributed by atoms with van der Waals surface area (Å²) in [4.78, 5) is 4.81. The number of anilines is 1. The smallest absolute Gasteiger partial charge is 0.165 e. The number of methoxy groups -OCH3 is 1. The number of benzene rings is 1. The number of ether oxygens (including phenoxy) is 1. The van der Waals surface area contributed by atoms with E-state index in [1.165, 1.54) is 0 Å². The minimum absolute atomic E-state index is 0. The molecule has 0 spiro atoms. The molecule has 2 heterocycles. The second-order valence-electron chi connectivity index (χ2n) is 6.82. The normalized spacial score (nSPS) is 11.3. The molecule has 0 saturated carbocycles. The first-order chi connectivity index (χ1) is 12.5. The Morgan fingerprint density at radius 3 is 2.50 bits per heavy atom. The van der Waals surface area contributed by atoms with Crippen molar-refractivity contribution in [2.75, 3.05) is 12.4 Å². The molecule has 3 rings (SSSR count). The molecule has 0 unspecified atom stereocenters. The largest absolute Gasteiger partial charge is 0.497 e. The quantitative estimate of drug-likeness (QED) is 0.663. The SMILES string of the molecule is CCC(CC)Nc1cc(C)nc2c(-c3ccc(OC)cc3C)c(C)nn12.[HH].